The van der Waals surface area contributed by atoms with Crippen LogP contribution in [0.4, 0.5) is 0 Å². The average Bonchev–Trinajstić information content (AvgIpc) is 2.92. The van der Waals surface area contributed by atoms with Crippen molar-refractivity contribution in [2.24, 2.45) is 0 Å². The number of benzene rings is 3. The van der Waals surface area contributed by atoms with E-state index in [4.69, 9.17) is 18.6 Å². The van der Waals surface area contributed by atoms with Crippen molar-refractivity contribution < 1.29 is 18.6 Å². The Morgan fingerprint density at radius 2 is 1.30 bits per heavy atom. The zero-order valence-electron chi connectivity index (χ0n) is 23.0. The summed E-state index contributed by atoms with van der Waals surface area (Å²) in [4.78, 5) is 0. The summed E-state index contributed by atoms with van der Waals surface area (Å²) >= 11 is 0. The van der Waals surface area contributed by atoms with Crippen molar-refractivity contribution in [2.45, 2.75) is 70.1 Å². The molecular weight excluding hydrogens is 476 g/mol. The van der Waals surface area contributed by atoms with Gasteiger partial charge in [0.15, 0.2) is 11.5 Å². The third-order valence-electron chi connectivity index (χ3n) is 7.56. The molecular formula is C32H42O4Si. The Balaban J connectivity index is 1.57. The second-order valence-electron chi connectivity index (χ2n) is 11.0. The fourth-order valence-corrected chi connectivity index (χ4v) is 10.4. The molecule has 1 aliphatic carbocycles. The molecule has 37 heavy (non-hydrogen) atoms. The van der Waals surface area contributed by atoms with Gasteiger partial charge in [0.2, 0.25) is 0 Å². The van der Waals surface area contributed by atoms with Crippen molar-refractivity contribution in [3.63, 3.8) is 0 Å². The summed E-state index contributed by atoms with van der Waals surface area (Å²) in [5.41, 5.74) is 1.18. The molecule has 2 unspecified atom stereocenters. The minimum Gasteiger partial charge on any atom is -0.493 e. The van der Waals surface area contributed by atoms with E-state index in [0.29, 0.717) is 6.61 Å². The van der Waals surface area contributed by atoms with Crippen LogP contribution in [0.25, 0.3) is 0 Å². The molecule has 4 rings (SSSR count). The Hall–Kier alpha value is -2.60. The molecule has 0 bridgehead atoms. The van der Waals surface area contributed by atoms with E-state index in [1.807, 2.05) is 12.1 Å². The summed E-state index contributed by atoms with van der Waals surface area (Å²) in [6.07, 6.45) is 5.42. The van der Waals surface area contributed by atoms with Gasteiger partial charge in [-0.1, -0.05) is 100 Å². The van der Waals surface area contributed by atoms with E-state index in [9.17, 15) is 0 Å². The first-order valence-corrected chi connectivity index (χ1v) is 15.4. The van der Waals surface area contributed by atoms with Gasteiger partial charge in [-0.05, 0) is 52.4 Å². The standard InChI is InChI=1S/C32H42O4Si/c1-32(2,3)37(26-14-8-6-9-15-26,27-16-10-7-11-17-27)36-30-19-13-12-18-29(30)35-23-22-25-20-21-28(33-4)31(24-25)34-5/h6-11,14-17,20-21,24,29-30H,12-13,18-19,22-23H2,1-5H3. The fraction of sp³-hybridized carbons (Fsp3) is 0.438. The van der Waals surface area contributed by atoms with E-state index in [1.54, 1.807) is 14.2 Å². The van der Waals surface area contributed by atoms with Crippen LogP contribution in [0.5, 0.6) is 11.5 Å². The molecule has 0 N–H and O–H groups in total. The number of hydrogen-bond donors (Lipinski definition) is 0. The summed E-state index contributed by atoms with van der Waals surface area (Å²) < 4.78 is 24.9. The van der Waals surface area contributed by atoms with Gasteiger partial charge in [-0.15, -0.1) is 0 Å². The van der Waals surface area contributed by atoms with Crippen molar-refractivity contribution in [2.75, 3.05) is 20.8 Å². The van der Waals surface area contributed by atoms with Gasteiger partial charge in [0, 0.05) is 0 Å². The summed E-state index contributed by atoms with van der Waals surface area (Å²) in [5, 5.41) is 2.60. The number of rotatable bonds is 10. The van der Waals surface area contributed by atoms with E-state index < -0.39 is 8.32 Å². The molecule has 2 atom stereocenters. The second kappa shape index (κ2) is 12.3. The quantitative estimate of drug-likeness (QED) is 0.302. The predicted octanol–water partition coefficient (Wildman–Crippen LogP) is 6.15. The van der Waals surface area contributed by atoms with Crippen LogP contribution in [-0.4, -0.2) is 41.4 Å². The SMILES string of the molecule is COc1ccc(CCOC2CCCCC2O[Si](c2ccccc2)(c2ccccc2)C(C)(C)C)cc1OC. The second-order valence-corrected chi connectivity index (χ2v) is 15.2. The van der Waals surface area contributed by atoms with E-state index in [2.05, 4.69) is 87.5 Å². The van der Waals surface area contributed by atoms with Gasteiger partial charge in [0.05, 0.1) is 33.0 Å². The highest BCUT2D eigenvalue weighted by Gasteiger charge is 2.52. The summed E-state index contributed by atoms with van der Waals surface area (Å²) in [6, 6.07) is 27.9. The Kier molecular flexibility index (Phi) is 9.11. The molecule has 0 saturated heterocycles. The first-order chi connectivity index (χ1) is 17.9. The molecule has 1 aliphatic rings. The van der Waals surface area contributed by atoms with Gasteiger partial charge in [-0.3, -0.25) is 0 Å². The molecule has 0 aliphatic heterocycles. The largest absolute Gasteiger partial charge is 0.493 e. The topological polar surface area (TPSA) is 36.9 Å². The van der Waals surface area contributed by atoms with E-state index in [0.717, 1.165) is 30.8 Å². The van der Waals surface area contributed by atoms with E-state index >= 15 is 0 Å². The molecule has 198 valence electrons. The average molecular weight is 519 g/mol. The van der Waals surface area contributed by atoms with Crippen molar-refractivity contribution in [1.29, 1.82) is 0 Å². The van der Waals surface area contributed by atoms with Crippen LogP contribution in [0, 0.1) is 0 Å². The van der Waals surface area contributed by atoms with Crippen LogP contribution < -0.4 is 19.8 Å². The van der Waals surface area contributed by atoms with Crippen molar-refractivity contribution in [1.82, 2.24) is 0 Å². The zero-order valence-corrected chi connectivity index (χ0v) is 24.0. The Labute approximate surface area is 224 Å². The van der Waals surface area contributed by atoms with Crippen LogP contribution in [0.3, 0.4) is 0 Å². The smallest absolute Gasteiger partial charge is 0.261 e. The molecule has 3 aromatic rings. The van der Waals surface area contributed by atoms with Crippen molar-refractivity contribution in [3.05, 3.63) is 84.4 Å². The number of hydrogen-bond acceptors (Lipinski definition) is 4. The Morgan fingerprint density at radius 1 is 0.730 bits per heavy atom. The molecule has 0 heterocycles. The minimum atomic E-state index is -2.62. The van der Waals surface area contributed by atoms with Gasteiger partial charge >= 0.3 is 0 Å². The summed E-state index contributed by atoms with van der Waals surface area (Å²) in [7, 11) is 0.721. The van der Waals surface area contributed by atoms with E-state index in [1.165, 1.54) is 28.8 Å². The Morgan fingerprint density at radius 3 is 1.84 bits per heavy atom. The molecule has 5 heteroatoms. The van der Waals surface area contributed by atoms with Gasteiger partial charge in [0.1, 0.15) is 0 Å². The summed E-state index contributed by atoms with van der Waals surface area (Å²) in [6.45, 7) is 7.68. The lowest BCUT2D eigenvalue weighted by atomic mass is 9.95. The minimum absolute atomic E-state index is 0.0443. The van der Waals surface area contributed by atoms with Crippen molar-refractivity contribution >= 4 is 18.7 Å². The first-order valence-electron chi connectivity index (χ1n) is 13.5. The van der Waals surface area contributed by atoms with E-state index in [-0.39, 0.29) is 17.2 Å². The monoisotopic (exact) mass is 518 g/mol. The molecule has 0 aromatic heterocycles. The fourth-order valence-electron chi connectivity index (χ4n) is 5.67. The van der Waals surface area contributed by atoms with Gasteiger partial charge in [-0.2, -0.15) is 0 Å². The first kappa shape index (κ1) is 27.4. The molecule has 3 aromatic carbocycles. The highest BCUT2D eigenvalue weighted by atomic mass is 28.4. The maximum Gasteiger partial charge on any atom is 0.261 e. The molecule has 0 amide bonds. The Bertz CT molecular complexity index is 1070. The molecule has 0 radical (unpaired) electrons. The normalized spacial score (nSPS) is 18.4. The number of ether oxygens (including phenoxy) is 3. The van der Waals surface area contributed by atoms with Crippen LogP contribution in [-0.2, 0) is 15.6 Å². The third kappa shape index (κ3) is 6.11. The van der Waals surface area contributed by atoms with Gasteiger partial charge in [-0.25, -0.2) is 0 Å². The zero-order chi connectivity index (χ0) is 26.3. The van der Waals surface area contributed by atoms with Crippen molar-refractivity contribution in [3.8, 4) is 11.5 Å². The van der Waals surface area contributed by atoms with Gasteiger partial charge in [0.25, 0.3) is 8.32 Å². The predicted molar refractivity (Wildman–Crippen MR) is 154 cm³/mol. The lowest BCUT2D eigenvalue weighted by Gasteiger charge is -2.47. The highest BCUT2D eigenvalue weighted by molar-refractivity contribution is 6.99. The lowest BCUT2D eigenvalue weighted by molar-refractivity contribution is -0.0501. The van der Waals surface area contributed by atoms with Crippen LogP contribution in [0.1, 0.15) is 52.0 Å². The molecule has 4 nitrogen and oxygen atoms in total. The lowest BCUT2D eigenvalue weighted by Crippen LogP contribution is -2.68. The van der Waals surface area contributed by atoms with Crippen LogP contribution >= 0.6 is 0 Å². The van der Waals surface area contributed by atoms with Crippen LogP contribution in [0.15, 0.2) is 78.9 Å². The highest BCUT2D eigenvalue weighted by Crippen LogP contribution is 2.39. The molecule has 0 spiro atoms. The molecule has 1 fully saturated rings. The third-order valence-corrected chi connectivity index (χ3v) is 12.6. The number of methoxy groups -OCH3 is 2. The maximum absolute atomic E-state index is 7.48. The molecule has 1 saturated carbocycles. The summed E-state index contributed by atoms with van der Waals surface area (Å²) in [5.74, 6) is 1.50. The van der Waals surface area contributed by atoms with Gasteiger partial charge < -0.3 is 18.6 Å². The maximum atomic E-state index is 7.48. The van der Waals surface area contributed by atoms with Crippen LogP contribution in [0.2, 0.25) is 5.04 Å².